The number of hydrogen-bond acceptors (Lipinski definition) is 3. The smallest absolute Gasteiger partial charge is 0.267 e. The van der Waals surface area contributed by atoms with Gasteiger partial charge in [0.15, 0.2) is 5.65 Å². The first-order chi connectivity index (χ1) is 7.09. The minimum absolute atomic E-state index is 0.207. The monoisotopic (exact) mass is 204 g/mol. The molecule has 0 aliphatic rings. The van der Waals surface area contributed by atoms with Gasteiger partial charge in [-0.2, -0.15) is 5.10 Å². The van der Waals surface area contributed by atoms with Gasteiger partial charge in [-0.05, 0) is 26.0 Å². The lowest BCUT2D eigenvalue weighted by atomic mass is 10.3. The Morgan fingerprint density at radius 2 is 2.20 bits per heavy atom. The molecule has 15 heavy (non-hydrogen) atoms. The van der Waals surface area contributed by atoms with E-state index in [4.69, 9.17) is 5.73 Å². The van der Waals surface area contributed by atoms with E-state index in [0.717, 1.165) is 5.39 Å². The van der Waals surface area contributed by atoms with E-state index in [9.17, 15) is 4.79 Å². The van der Waals surface area contributed by atoms with Gasteiger partial charge in [0, 0.05) is 11.4 Å². The minimum Gasteiger partial charge on any atom is -0.364 e. The van der Waals surface area contributed by atoms with Crippen LogP contribution in [0.4, 0.5) is 0 Å². The van der Waals surface area contributed by atoms with Crippen molar-refractivity contribution < 1.29 is 4.79 Å². The Hall–Kier alpha value is -1.91. The van der Waals surface area contributed by atoms with Gasteiger partial charge in [-0.1, -0.05) is 0 Å². The molecule has 0 aliphatic carbocycles. The molecule has 0 radical (unpaired) electrons. The van der Waals surface area contributed by atoms with E-state index in [-0.39, 0.29) is 11.7 Å². The molecule has 2 heterocycles. The molecule has 0 unspecified atom stereocenters. The fraction of sp³-hybridized carbons (Fsp3) is 0.300. The van der Waals surface area contributed by atoms with E-state index in [1.54, 1.807) is 23.0 Å². The zero-order valence-corrected chi connectivity index (χ0v) is 8.64. The summed E-state index contributed by atoms with van der Waals surface area (Å²) in [6.07, 6.45) is 1.73. The SMILES string of the molecule is CC(C)n1ncc2ccc(C(N)=O)nc21. The summed E-state index contributed by atoms with van der Waals surface area (Å²) in [6, 6.07) is 3.61. The van der Waals surface area contributed by atoms with Crippen molar-refractivity contribution in [3.05, 3.63) is 24.0 Å². The molecule has 2 N–H and O–H groups in total. The summed E-state index contributed by atoms with van der Waals surface area (Å²) < 4.78 is 1.77. The summed E-state index contributed by atoms with van der Waals surface area (Å²) in [4.78, 5) is 15.2. The van der Waals surface area contributed by atoms with Crippen molar-refractivity contribution in [2.45, 2.75) is 19.9 Å². The number of primary amides is 1. The molecule has 0 spiro atoms. The van der Waals surface area contributed by atoms with Gasteiger partial charge in [0.2, 0.25) is 0 Å². The molecule has 0 saturated heterocycles. The summed E-state index contributed by atoms with van der Waals surface area (Å²) in [5.74, 6) is -0.520. The predicted octanol–water partition coefficient (Wildman–Crippen LogP) is 1.11. The van der Waals surface area contributed by atoms with Gasteiger partial charge in [-0.15, -0.1) is 0 Å². The van der Waals surface area contributed by atoms with Gasteiger partial charge in [0.05, 0.1) is 6.20 Å². The van der Waals surface area contributed by atoms with E-state index in [1.807, 2.05) is 13.8 Å². The Morgan fingerprint density at radius 3 is 2.80 bits per heavy atom. The third kappa shape index (κ3) is 1.56. The van der Waals surface area contributed by atoms with Gasteiger partial charge in [0.25, 0.3) is 5.91 Å². The highest BCUT2D eigenvalue weighted by Crippen LogP contribution is 2.15. The number of aromatic nitrogens is 3. The highest BCUT2D eigenvalue weighted by molar-refractivity contribution is 5.93. The molecule has 1 amide bonds. The molecule has 0 saturated carbocycles. The molecule has 0 fully saturated rings. The summed E-state index contributed by atoms with van der Waals surface area (Å²) in [5, 5.41) is 5.11. The highest BCUT2D eigenvalue weighted by atomic mass is 16.1. The maximum Gasteiger partial charge on any atom is 0.267 e. The van der Waals surface area contributed by atoms with Gasteiger partial charge >= 0.3 is 0 Å². The molecule has 5 heteroatoms. The Kier molecular flexibility index (Phi) is 2.15. The summed E-state index contributed by atoms with van der Waals surface area (Å²) in [6.45, 7) is 4.01. The topological polar surface area (TPSA) is 73.8 Å². The van der Waals surface area contributed by atoms with E-state index < -0.39 is 5.91 Å². The van der Waals surface area contributed by atoms with Crippen molar-refractivity contribution in [3.8, 4) is 0 Å². The van der Waals surface area contributed by atoms with Crippen LogP contribution in [0.2, 0.25) is 0 Å². The third-order valence-corrected chi connectivity index (χ3v) is 2.19. The lowest BCUT2D eigenvalue weighted by molar-refractivity contribution is 0.0996. The normalized spacial score (nSPS) is 11.1. The Balaban J connectivity index is 2.66. The first kappa shape index (κ1) is 9.64. The first-order valence-corrected chi connectivity index (χ1v) is 4.73. The zero-order valence-electron chi connectivity index (χ0n) is 8.64. The van der Waals surface area contributed by atoms with Gasteiger partial charge < -0.3 is 5.73 Å². The molecular formula is C10H12N4O. The fourth-order valence-corrected chi connectivity index (χ4v) is 1.44. The number of nitrogens with zero attached hydrogens (tertiary/aromatic N) is 3. The Labute approximate surface area is 86.9 Å². The van der Waals surface area contributed by atoms with E-state index in [0.29, 0.717) is 5.65 Å². The van der Waals surface area contributed by atoms with Crippen molar-refractivity contribution in [2.24, 2.45) is 5.73 Å². The van der Waals surface area contributed by atoms with E-state index >= 15 is 0 Å². The number of hydrogen-bond donors (Lipinski definition) is 1. The standard InChI is InChI=1S/C10H12N4O/c1-6(2)14-10-7(5-12-14)3-4-8(13-10)9(11)15/h3-6H,1-2H3,(H2,11,15). The Bertz CT molecular complexity index is 515. The molecule has 2 aromatic rings. The van der Waals surface area contributed by atoms with E-state index in [1.165, 1.54) is 0 Å². The van der Waals surface area contributed by atoms with Crippen LogP contribution in [-0.4, -0.2) is 20.7 Å². The molecule has 0 bridgehead atoms. The number of nitrogens with two attached hydrogens (primary N) is 1. The highest BCUT2D eigenvalue weighted by Gasteiger charge is 2.09. The number of pyridine rings is 1. The van der Waals surface area contributed by atoms with Crippen LogP contribution >= 0.6 is 0 Å². The molecule has 0 aliphatic heterocycles. The number of rotatable bonds is 2. The molecule has 5 nitrogen and oxygen atoms in total. The lowest BCUT2D eigenvalue weighted by Crippen LogP contribution is -2.13. The van der Waals surface area contributed by atoms with Gasteiger partial charge in [0.1, 0.15) is 5.69 Å². The van der Waals surface area contributed by atoms with Crippen molar-refractivity contribution in [3.63, 3.8) is 0 Å². The lowest BCUT2D eigenvalue weighted by Gasteiger charge is -2.06. The van der Waals surface area contributed by atoms with Crippen LogP contribution in [0.1, 0.15) is 30.4 Å². The number of carbonyl (C=O) groups excluding carboxylic acids is 1. The third-order valence-electron chi connectivity index (χ3n) is 2.19. The Morgan fingerprint density at radius 1 is 1.47 bits per heavy atom. The van der Waals surface area contributed by atoms with Crippen LogP contribution in [0.3, 0.4) is 0 Å². The van der Waals surface area contributed by atoms with E-state index in [2.05, 4.69) is 10.1 Å². The van der Waals surface area contributed by atoms with Crippen molar-refractivity contribution >= 4 is 16.9 Å². The van der Waals surface area contributed by atoms with Crippen LogP contribution in [0.5, 0.6) is 0 Å². The average Bonchev–Trinajstić information content (AvgIpc) is 2.59. The van der Waals surface area contributed by atoms with Crippen LogP contribution in [0.25, 0.3) is 11.0 Å². The molecule has 0 aromatic carbocycles. The first-order valence-electron chi connectivity index (χ1n) is 4.73. The second-order valence-electron chi connectivity index (χ2n) is 3.66. The van der Waals surface area contributed by atoms with Gasteiger partial charge in [-0.3, -0.25) is 4.79 Å². The van der Waals surface area contributed by atoms with Crippen LogP contribution < -0.4 is 5.73 Å². The number of amides is 1. The summed E-state index contributed by atoms with van der Waals surface area (Å²) in [7, 11) is 0. The van der Waals surface area contributed by atoms with Gasteiger partial charge in [-0.25, -0.2) is 9.67 Å². The molecule has 2 aromatic heterocycles. The molecular weight excluding hydrogens is 192 g/mol. The minimum atomic E-state index is -0.520. The molecule has 2 rings (SSSR count). The average molecular weight is 204 g/mol. The predicted molar refractivity (Wildman–Crippen MR) is 56.4 cm³/mol. The molecule has 0 atom stereocenters. The maximum absolute atomic E-state index is 11.0. The van der Waals surface area contributed by atoms with Crippen molar-refractivity contribution in [1.29, 1.82) is 0 Å². The van der Waals surface area contributed by atoms with Crippen molar-refractivity contribution in [2.75, 3.05) is 0 Å². The summed E-state index contributed by atoms with van der Waals surface area (Å²) in [5.41, 5.74) is 6.13. The largest absolute Gasteiger partial charge is 0.364 e. The quantitative estimate of drug-likeness (QED) is 0.796. The number of carbonyl (C=O) groups is 1. The second kappa shape index (κ2) is 3.34. The molecule has 78 valence electrons. The van der Waals surface area contributed by atoms with Crippen molar-refractivity contribution in [1.82, 2.24) is 14.8 Å². The second-order valence-corrected chi connectivity index (χ2v) is 3.66. The zero-order chi connectivity index (χ0) is 11.0. The maximum atomic E-state index is 11.0. The van der Waals surface area contributed by atoms with Crippen LogP contribution in [0.15, 0.2) is 18.3 Å². The fourth-order valence-electron chi connectivity index (χ4n) is 1.44. The number of fused-ring (bicyclic) bond motifs is 1. The van der Waals surface area contributed by atoms with Crippen LogP contribution in [-0.2, 0) is 0 Å². The van der Waals surface area contributed by atoms with Crippen LogP contribution in [0, 0.1) is 0 Å². The summed E-state index contributed by atoms with van der Waals surface area (Å²) >= 11 is 0.